The molecule has 2 unspecified atom stereocenters. The molecule has 20 heavy (non-hydrogen) atoms. The summed E-state index contributed by atoms with van der Waals surface area (Å²) in [5.41, 5.74) is 1.15. The number of rotatable bonds is 2. The second-order valence-electron chi connectivity index (χ2n) is 6.16. The van der Waals surface area contributed by atoms with Gasteiger partial charge in [-0.3, -0.25) is 14.5 Å². The number of nitrogens with zero attached hydrogens (tertiary/aromatic N) is 1. The first-order chi connectivity index (χ1) is 9.43. The largest absolute Gasteiger partial charge is 0.340 e. The molecule has 1 N–H and O–H groups in total. The number of carbonyl (C=O) groups excluding carboxylic acids is 2. The number of aryl methyl sites for hydroxylation is 1. The van der Waals surface area contributed by atoms with E-state index in [1.54, 1.807) is 11.8 Å². The van der Waals surface area contributed by atoms with Crippen molar-refractivity contribution in [3.63, 3.8) is 0 Å². The molecule has 1 heterocycles. The van der Waals surface area contributed by atoms with Crippen molar-refractivity contribution in [2.24, 2.45) is 5.92 Å². The zero-order valence-corrected chi connectivity index (χ0v) is 12.1. The summed E-state index contributed by atoms with van der Waals surface area (Å²) in [5, 5.41) is 2.94. The van der Waals surface area contributed by atoms with E-state index in [4.69, 9.17) is 0 Å². The maximum Gasteiger partial charge on any atom is 0.253 e. The molecule has 0 aromatic heterocycles. The van der Waals surface area contributed by atoms with Crippen LogP contribution in [0.5, 0.6) is 0 Å². The highest BCUT2D eigenvalue weighted by molar-refractivity contribution is 6.10. The minimum Gasteiger partial charge on any atom is -0.340 e. The predicted octanol–water partition coefficient (Wildman–Crippen LogP) is 2.02. The molecule has 0 bridgehead atoms. The second-order valence-corrected chi connectivity index (χ2v) is 6.16. The van der Waals surface area contributed by atoms with Gasteiger partial charge in [-0.2, -0.15) is 0 Å². The molecular formula is C16H20N2O2. The Balaban J connectivity index is 2.02. The lowest BCUT2D eigenvalue weighted by molar-refractivity contribution is -0.138. The van der Waals surface area contributed by atoms with Crippen LogP contribution < -0.4 is 10.2 Å². The number of carbonyl (C=O) groups is 2. The van der Waals surface area contributed by atoms with E-state index in [-0.39, 0.29) is 17.7 Å². The van der Waals surface area contributed by atoms with Gasteiger partial charge in [0, 0.05) is 5.69 Å². The molecule has 0 spiro atoms. The molecule has 4 heteroatoms. The van der Waals surface area contributed by atoms with E-state index in [1.165, 1.54) is 0 Å². The Morgan fingerprint density at radius 3 is 2.60 bits per heavy atom. The van der Waals surface area contributed by atoms with E-state index < -0.39 is 11.6 Å². The molecule has 1 aliphatic heterocycles. The number of benzene rings is 1. The van der Waals surface area contributed by atoms with E-state index in [0.717, 1.165) is 24.1 Å². The Morgan fingerprint density at radius 1 is 1.30 bits per heavy atom. The Hall–Kier alpha value is -1.84. The van der Waals surface area contributed by atoms with Crippen molar-refractivity contribution in [3.05, 3.63) is 29.8 Å². The Bertz CT molecular complexity index is 580. The highest BCUT2D eigenvalue weighted by atomic mass is 16.2. The molecule has 3 rings (SSSR count). The van der Waals surface area contributed by atoms with Crippen LogP contribution in [0, 0.1) is 12.8 Å². The van der Waals surface area contributed by atoms with Crippen LogP contribution in [0.25, 0.3) is 0 Å². The lowest BCUT2D eigenvalue weighted by Gasteiger charge is -2.43. The normalized spacial score (nSPS) is 30.4. The molecule has 1 saturated carbocycles. The second kappa shape index (κ2) is 4.33. The van der Waals surface area contributed by atoms with Gasteiger partial charge in [0.25, 0.3) is 5.91 Å². The van der Waals surface area contributed by atoms with Crippen molar-refractivity contribution in [1.29, 1.82) is 0 Å². The van der Waals surface area contributed by atoms with Gasteiger partial charge < -0.3 is 5.32 Å². The van der Waals surface area contributed by atoms with E-state index in [1.807, 2.05) is 38.1 Å². The fraction of sp³-hybridized carbons (Fsp3) is 0.500. The predicted molar refractivity (Wildman–Crippen MR) is 77.4 cm³/mol. The quantitative estimate of drug-likeness (QED) is 0.895. The molecule has 4 nitrogen and oxygen atoms in total. The third-order valence-corrected chi connectivity index (χ3v) is 4.49. The first-order valence-electron chi connectivity index (χ1n) is 7.16. The van der Waals surface area contributed by atoms with Crippen LogP contribution in [0.3, 0.4) is 0 Å². The minimum atomic E-state index is -0.743. The van der Waals surface area contributed by atoms with Crippen molar-refractivity contribution in [3.8, 4) is 0 Å². The van der Waals surface area contributed by atoms with Crippen LogP contribution in [0.15, 0.2) is 24.3 Å². The van der Waals surface area contributed by atoms with Gasteiger partial charge in [0.2, 0.25) is 5.91 Å². The summed E-state index contributed by atoms with van der Waals surface area (Å²) in [5.74, 6) is 0.219. The van der Waals surface area contributed by atoms with E-state index in [2.05, 4.69) is 5.32 Å². The van der Waals surface area contributed by atoms with Crippen LogP contribution in [-0.2, 0) is 9.59 Å². The van der Waals surface area contributed by atoms with Crippen LogP contribution in [0.1, 0.15) is 32.3 Å². The summed E-state index contributed by atoms with van der Waals surface area (Å²) < 4.78 is 0. The van der Waals surface area contributed by atoms with Gasteiger partial charge in [0.15, 0.2) is 0 Å². The zero-order chi connectivity index (χ0) is 14.5. The van der Waals surface area contributed by atoms with Crippen molar-refractivity contribution < 1.29 is 9.59 Å². The van der Waals surface area contributed by atoms with Crippen LogP contribution in [0.2, 0.25) is 0 Å². The summed E-state index contributed by atoms with van der Waals surface area (Å²) in [4.78, 5) is 26.8. The van der Waals surface area contributed by atoms with Crippen LogP contribution >= 0.6 is 0 Å². The van der Waals surface area contributed by atoms with Gasteiger partial charge in [0.1, 0.15) is 11.6 Å². The maximum atomic E-state index is 12.9. The first kappa shape index (κ1) is 13.2. The maximum absolute atomic E-state index is 12.9. The number of amides is 2. The van der Waals surface area contributed by atoms with Crippen molar-refractivity contribution in [1.82, 2.24) is 5.32 Å². The average molecular weight is 272 g/mol. The van der Waals surface area contributed by atoms with Crippen LogP contribution in [-0.4, -0.2) is 23.4 Å². The zero-order valence-electron chi connectivity index (χ0n) is 12.1. The topological polar surface area (TPSA) is 49.4 Å². The molecule has 1 aromatic carbocycles. The van der Waals surface area contributed by atoms with Crippen molar-refractivity contribution in [2.45, 2.75) is 45.2 Å². The van der Waals surface area contributed by atoms with Gasteiger partial charge in [0.05, 0.1) is 0 Å². The number of hydrogen-bond acceptors (Lipinski definition) is 2. The third kappa shape index (κ3) is 1.90. The molecule has 1 saturated heterocycles. The van der Waals surface area contributed by atoms with E-state index >= 15 is 0 Å². The lowest BCUT2D eigenvalue weighted by Crippen LogP contribution is -2.69. The van der Waals surface area contributed by atoms with E-state index in [9.17, 15) is 9.59 Å². The van der Waals surface area contributed by atoms with Crippen molar-refractivity contribution >= 4 is 17.5 Å². The Kier molecular flexibility index (Phi) is 2.85. The third-order valence-electron chi connectivity index (χ3n) is 4.49. The standard InChI is InChI=1S/C16H20N2O2/c1-10-5-4-6-13(9-10)18-11(2)14(19)17-16(3,15(18)20)12-7-8-12/h4-6,9,11-12H,7-8H2,1-3H3,(H,17,19). The van der Waals surface area contributed by atoms with Gasteiger partial charge >= 0.3 is 0 Å². The highest BCUT2D eigenvalue weighted by Gasteiger charge is 2.54. The Labute approximate surface area is 119 Å². The summed E-state index contributed by atoms with van der Waals surface area (Å²) >= 11 is 0. The molecule has 106 valence electrons. The average Bonchev–Trinajstić information content (AvgIpc) is 3.21. The van der Waals surface area contributed by atoms with Crippen molar-refractivity contribution in [2.75, 3.05) is 4.90 Å². The molecular weight excluding hydrogens is 252 g/mol. The van der Waals surface area contributed by atoms with Gasteiger partial charge in [-0.1, -0.05) is 12.1 Å². The molecule has 1 aliphatic carbocycles. The summed E-state index contributed by atoms with van der Waals surface area (Å²) in [6, 6.07) is 7.30. The summed E-state index contributed by atoms with van der Waals surface area (Å²) in [6.45, 7) is 5.63. The first-order valence-corrected chi connectivity index (χ1v) is 7.16. The lowest BCUT2D eigenvalue weighted by atomic mass is 9.89. The number of anilines is 1. The van der Waals surface area contributed by atoms with Gasteiger partial charge in [-0.15, -0.1) is 0 Å². The van der Waals surface area contributed by atoms with E-state index in [0.29, 0.717) is 0 Å². The molecule has 2 fully saturated rings. The summed E-state index contributed by atoms with van der Waals surface area (Å²) in [7, 11) is 0. The Morgan fingerprint density at radius 2 is 2.00 bits per heavy atom. The number of piperazine rings is 1. The van der Waals surface area contributed by atoms with Crippen LogP contribution in [0.4, 0.5) is 5.69 Å². The fourth-order valence-electron chi connectivity index (χ4n) is 3.01. The fourth-order valence-corrected chi connectivity index (χ4v) is 3.01. The van der Waals surface area contributed by atoms with Gasteiger partial charge in [-0.05, 0) is 57.2 Å². The molecule has 2 amide bonds. The number of hydrogen-bond donors (Lipinski definition) is 1. The molecule has 2 aliphatic rings. The molecule has 0 radical (unpaired) electrons. The highest BCUT2D eigenvalue weighted by Crippen LogP contribution is 2.43. The molecule has 1 aromatic rings. The van der Waals surface area contributed by atoms with Gasteiger partial charge in [-0.25, -0.2) is 0 Å². The SMILES string of the molecule is Cc1cccc(N2C(=O)C(C)(C3CC3)NC(=O)C2C)c1. The summed E-state index contributed by atoms with van der Waals surface area (Å²) in [6.07, 6.45) is 2.02. The number of nitrogens with one attached hydrogen (secondary N) is 1. The monoisotopic (exact) mass is 272 g/mol. The molecule has 2 atom stereocenters. The minimum absolute atomic E-state index is 0.0118. The smallest absolute Gasteiger partial charge is 0.253 e.